The Balaban J connectivity index is 1.30. The van der Waals surface area contributed by atoms with Crippen LogP contribution in [0.1, 0.15) is 46.0 Å². The van der Waals surface area contributed by atoms with Crippen molar-refractivity contribution in [3.05, 3.63) is 82.0 Å². The molecule has 2 aromatic carbocycles. The number of rotatable bonds is 6. The summed E-state index contributed by atoms with van der Waals surface area (Å²) in [7, 11) is 0. The summed E-state index contributed by atoms with van der Waals surface area (Å²) >= 11 is 5.92. The van der Waals surface area contributed by atoms with Gasteiger partial charge in [0.1, 0.15) is 0 Å². The van der Waals surface area contributed by atoms with Gasteiger partial charge in [-0.3, -0.25) is 9.69 Å². The first-order valence-electron chi connectivity index (χ1n) is 9.96. The van der Waals surface area contributed by atoms with Gasteiger partial charge < -0.3 is 4.52 Å². The van der Waals surface area contributed by atoms with E-state index < -0.39 is 0 Å². The normalized spacial score (nSPS) is 15.5. The van der Waals surface area contributed by atoms with Gasteiger partial charge in [-0.2, -0.15) is 4.98 Å². The van der Waals surface area contributed by atoms with E-state index >= 15 is 0 Å². The van der Waals surface area contributed by atoms with Gasteiger partial charge in [-0.25, -0.2) is 0 Å². The first kappa shape index (κ1) is 19.8. The molecule has 0 radical (unpaired) electrons. The molecule has 2 heterocycles. The number of aryl methyl sites for hydroxylation is 1. The first-order valence-corrected chi connectivity index (χ1v) is 10.3. The quantitative estimate of drug-likeness (QED) is 0.551. The van der Waals surface area contributed by atoms with E-state index in [2.05, 4.69) is 34.1 Å². The summed E-state index contributed by atoms with van der Waals surface area (Å²) in [6.45, 7) is 4.44. The van der Waals surface area contributed by atoms with Crippen LogP contribution in [0.4, 0.5) is 0 Å². The number of piperidine rings is 1. The van der Waals surface area contributed by atoms with Crippen LogP contribution in [0.5, 0.6) is 0 Å². The second-order valence-corrected chi connectivity index (χ2v) is 8.07. The van der Waals surface area contributed by atoms with Crippen LogP contribution in [0.3, 0.4) is 0 Å². The second-order valence-electron chi connectivity index (χ2n) is 7.63. The van der Waals surface area contributed by atoms with E-state index in [0.29, 0.717) is 29.7 Å². The number of aromatic nitrogens is 2. The topological polar surface area (TPSA) is 59.2 Å². The molecule has 0 aliphatic carbocycles. The molecule has 1 fully saturated rings. The molecule has 29 heavy (non-hydrogen) atoms. The van der Waals surface area contributed by atoms with Crippen LogP contribution in [0.25, 0.3) is 0 Å². The zero-order chi connectivity index (χ0) is 20.2. The molecule has 1 aromatic heterocycles. The van der Waals surface area contributed by atoms with Gasteiger partial charge in [-0.05, 0) is 68.2 Å². The van der Waals surface area contributed by atoms with Crippen molar-refractivity contribution in [1.29, 1.82) is 0 Å². The van der Waals surface area contributed by atoms with Gasteiger partial charge in [0.15, 0.2) is 11.6 Å². The number of carbonyl (C=O) groups excluding carboxylic acids is 1. The summed E-state index contributed by atoms with van der Waals surface area (Å²) in [6, 6.07) is 15.4. The Hall–Kier alpha value is -2.50. The van der Waals surface area contributed by atoms with Gasteiger partial charge in [0.25, 0.3) is 0 Å². The fourth-order valence-corrected chi connectivity index (χ4v) is 3.93. The van der Waals surface area contributed by atoms with Crippen molar-refractivity contribution in [2.45, 2.75) is 32.7 Å². The number of carbonyl (C=O) groups is 1. The fourth-order valence-electron chi connectivity index (χ4n) is 3.80. The number of likely N-dealkylation sites (tertiary alicyclic amines) is 1. The maximum Gasteiger partial charge on any atom is 0.231 e. The summed E-state index contributed by atoms with van der Waals surface area (Å²) < 4.78 is 5.44. The first-order chi connectivity index (χ1) is 14.1. The van der Waals surface area contributed by atoms with Crippen molar-refractivity contribution < 1.29 is 9.32 Å². The van der Waals surface area contributed by atoms with Crippen LogP contribution in [-0.2, 0) is 13.0 Å². The lowest BCUT2D eigenvalue weighted by Crippen LogP contribution is -2.36. The maximum atomic E-state index is 12.7. The van der Waals surface area contributed by atoms with E-state index in [-0.39, 0.29) is 11.7 Å². The molecular formula is C23H24ClN3O2. The van der Waals surface area contributed by atoms with Crippen molar-refractivity contribution in [2.75, 3.05) is 13.1 Å². The molecule has 0 amide bonds. The third kappa shape index (κ3) is 4.92. The van der Waals surface area contributed by atoms with Crippen molar-refractivity contribution in [3.8, 4) is 0 Å². The molecule has 150 valence electrons. The van der Waals surface area contributed by atoms with Gasteiger partial charge in [-0.15, -0.1) is 0 Å². The molecule has 6 heteroatoms. The summed E-state index contributed by atoms with van der Waals surface area (Å²) in [5.74, 6) is 1.62. The summed E-state index contributed by atoms with van der Waals surface area (Å²) in [5.41, 5.74) is 3.16. The maximum absolute atomic E-state index is 12.7. The largest absolute Gasteiger partial charge is 0.339 e. The number of hydrogen-bond acceptors (Lipinski definition) is 5. The highest BCUT2D eigenvalue weighted by Crippen LogP contribution is 2.23. The minimum absolute atomic E-state index is 0.0642. The summed E-state index contributed by atoms with van der Waals surface area (Å²) in [4.78, 5) is 19.5. The Labute approximate surface area is 175 Å². The Morgan fingerprint density at radius 2 is 1.86 bits per heavy atom. The van der Waals surface area contributed by atoms with Crippen molar-refractivity contribution in [1.82, 2.24) is 15.0 Å². The predicted octanol–water partition coefficient (Wildman–Crippen LogP) is 4.72. The Bertz CT molecular complexity index is 976. The Morgan fingerprint density at radius 1 is 1.14 bits per heavy atom. The zero-order valence-corrected chi connectivity index (χ0v) is 17.2. The van der Waals surface area contributed by atoms with Gasteiger partial charge in [0.05, 0.1) is 13.0 Å². The van der Waals surface area contributed by atoms with Crippen molar-refractivity contribution in [2.24, 2.45) is 5.92 Å². The van der Waals surface area contributed by atoms with E-state index in [4.69, 9.17) is 16.1 Å². The lowest BCUT2D eigenvalue weighted by Gasteiger charge is -2.30. The summed E-state index contributed by atoms with van der Waals surface area (Å²) in [6.07, 6.45) is 2.34. The van der Waals surface area contributed by atoms with E-state index in [1.165, 1.54) is 11.1 Å². The van der Waals surface area contributed by atoms with Gasteiger partial charge in [0, 0.05) is 16.5 Å². The number of halogens is 1. The highest BCUT2D eigenvalue weighted by atomic mass is 35.5. The van der Waals surface area contributed by atoms with Crippen LogP contribution in [0.15, 0.2) is 53.1 Å². The SMILES string of the molecule is Cc1ccccc1Cc1nc(CN2CCC(C(=O)c3ccc(Cl)cc3)CC2)no1. The molecule has 5 nitrogen and oxygen atoms in total. The molecule has 0 N–H and O–H groups in total. The van der Waals surface area contributed by atoms with E-state index in [9.17, 15) is 4.79 Å². The zero-order valence-electron chi connectivity index (χ0n) is 16.5. The van der Waals surface area contributed by atoms with Crippen LogP contribution in [0.2, 0.25) is 5.02 Å². The number of hydrogen-bond donors (Lipinski definition) is 0. The molecule has 1 aliphatic rings. The number of ketones is 1. The standard InChI is InChI=1S/C23H24ClN3O2/c1-16-4-2-3-5-19(16)14-22-25-21(26-29-22)15-27-12-10-18(11-13-27)23(28)17-6-8-20(24)9-7-17/h2-9,18H,10-15H2,1H3. The van der Waals surface area contributed by atoms with E-state index in [1.54, 1.807) is 12.1 Å². The van der Waals surface area contributed by atoms with Gasteiger partial charge in [0.2, 0.25) is 5.89 Å². The summed E-state index contributed by atoms with van der Waals surface area (Å²) in [5, 5.41) is 4.79. The Kier molecular flexibility index (Phi) is 6.07. The average Bonchev–Trinajstić information content (AvgIpc) is 3.17. The number of Topliss-reactive ketones (excluding diaryl/α,β-unsaturated/α-hetero) is 1. The lowest BCUT2D eigenvalue weighted by molar-refractivity contribution is 0.0832. The van der Waals surface area contributed by atoms with Crippen LogP contribution in [-0.4, -0.2) is 33.9 Å². The van der Waals surface area contributed by atoms with E-state index in [1.807, 2.05) is 24.3 Å². The Morgan fingerprint density at radius 3 is 2.59 bits per heavy atom. The third-order valence-electron chi connectivity index (χ3n) is 5.57. The van der Waals surface area contributed by atoms with Crippen molar-refractivity contribution in [3.63, 3.8) is 0 Å². The molecule has 4 rings (SSSR count). The van der Waals surface area contributed by atoms with Crippen LogP contribution >= 0.6 is 11.6 Å². The molecular weight excluding hydrogens is 386 g/mol. The molecule has 1 aliphatic heterocycles. The molecule has 0 saturated carbocycles. The van der Waals surface area contributed by atoms with Gasteiger partial charge >= 0.3 is 0 Å². The number of nitrogens with zero attached hydrogens (tertiary/aromatic N) is 3. The highest BCUT2D eigenvalue weighted by molar-refractivity contribution is 6.30. The minimum atomic E-state index is 0.0642. The molecule has 1 saturated heterocycles. The van der Waals surface area contributed by atoms with E-state index in [0.717, 1.165) is 31.5 Å². The van der Waals surface area contributed by atoms with Gasteiger partial charge in [-0.1, -0.05) is 41.0 Å². The lowest BCUT2D eigenvalue weighted by atomic mass is 9.89. The molecule has 0 unspecified atom stereocenters. The average molecular weight is 410 g/mol. The third-order valence-corrected chi connectivity index (χ3v) is 5.82. The molecule has 0 atom stereocenters. The van der Waals surface area contributed by atoms with Crippen LogP contribution < -0.4 is 0 Å². The predicted molar refractivity (Wildman–Crippen MR) is 112 cm³/mol. The number of benzene rings is 2. The second kappa shape index (κ2) is 8.89. The van der Waals surface area contributed by atoms with Crippen LogP contribution in [0, 0.1) is 12.8 Å². The smallest absolute Gasteiger partial charge is 0.231 e. The molecule has 3 aromatic rings. The van der Waals surface area contributed by atoms with Crippen molar-refractivity contribution >= 4 is 17.4 Å². The molecule has 0 spiro atoms. The monoisotopic (exact) mass is 409 g/mol. The minimum Gasteiger partial charge on any atom is -0.339 e. The highest BCUT2D eigenvalue weighted by Gasteiger charge is 2.26. The molecule has 0 bridgehead atoms. The fraction of sp³-hybridized carbons (Fsp3) is 0.348.